The second-order valence-electron chi connectivity index (χ2n) is 11.1. The maximum Gasteiger partial charge on any atom is 0.145 e. The largest absolute Gasteiger partial charge is 0.205 e. The van der Waals surface area contributed by atoms with Gasteiger partial charge in [0, 0.05) is 0 Å². The molecule has 0 atom stereocenters. The van der Waals surface area contributed by atoms with Crippen LogP contribution >= 0.6 is 11.6 Å². The summed E-state index contributed by atoms with van der Waals surface area (Å²) in [5.41, 5.74) is 2.72. The third-order valence-corrected chi connectivity index (χ3v) is 9.07. The Kier molecular flexibility index (Phi) is 9.46. The van der Waals surface area contributed by atoms with Crippen LogP contribution in [0.5, 0.6) is 0 Å². The van der Waals surface area contributed by atoms with Crippen molar-refractivity contribution >= 4 is 11.6 Å². The first-order valence-electron chi connectivity index (χ1n) is 13.8. The molecule has 2 aromatic carbocycles. The number of hydrogen-bond acceptors (Lipinski definition) is 0. The summed E-state index contributed by atoms with van der Waals surface area (Å²) < 4.78 is 27.6. The number of halogens is 3. The Labute approximate surface area is 210 Å². The van der Waals surface area contributed by atoms with E-state index in [-0.39, 0.29) is 0 Å². The molecule has 0 spiro atoms. The molecule has 0 radical (unpaired) electrons. The molecule has 0 saturated heterocycles. The van der Waals surface area contributed by atoms with Crippen molar-refractivity contribution in [3.8, 4) is 11.1 Å². The second kappa shape index (κ2) is 12.5. The maximum absolute atomic E-state index is 13.8. The third-order valence-electron chi connectivity index (χ3n) is 8.71. The van der Waals surface area contributed by atoms with Gasteiger partial charge in [-0.15, -0.1) is 0 Å². The van der Waals surface area contributed by atoms with Crippen molar-refractivity contribution in [1.82, 2.24) is 0 Å². The molecule has 0 unspecified atom stereocenters. The zero-order chi connectivity index (χ0) is 23.9. The molecule has 0 heterocycles. The van der Waals surface area contributed by atoms with Crippen molar-refractivity contribution in [2.75, 3.05) is 0 Å². The van der Waals surface area contributed by atoms with Gasteiger partial charge in [0.15, 0.2) is 0 Å². The van der Waals surface area contributed by atoms with Gasteiger partial charge in [0.2, 0.25) is 0 Å². The van der Waals surface area contributed by atoms with Crippen molar-refractivity contribution in [1.29, 1.82) is 0 Å². The topological polar surface area (TPSA) is 0 Å². The SMILES string of the molecule is CCCCC[C@H]1CC[C@H](CC[C@H]2CC[C@H](c3ccc(-c4cc(F)c(Cl)c(F)c4)cc3)CC2)CC1. The van der Waals surface area contributed by atoms with Crippen LogP contribution in [0.15, 0.2) is 36.4 Å². The molecule has 186 valence electrons. The summed E-state index contributed by atoms with van der Waals surface area (Å²) in [6, 6.07) is 10.9. The molecule has 0 aliphatic heterocycles. The van der Waals surface area contributed by atoms with Crippen LogP contribution in [-0.4, -0.2) is 0 Å². The summed E-state index contributed by atoms with van der Waals surface area (Å²) in [5.74, 6) is 2.09. The molecule has 0 nitrogen and oxygen atoms in total. The highest BCUT2D eigenvalue weighted by Crippen LogP contribution is 2.40. The van der Waals surface area contributed by atoms with E-state index >= 15 is 0 Å². The van der Waals surface area contributed by atoms with Gasteiger partial charge in [0.25, 0.3) is 0 Å². The van der Waals surface area contributed by atoms with E-state index in [1.54, 1.807) is 0 Å². The first-order valence-corrected chi connectivity index (χ1v) is 14.2. The molecule has 0 amide bonds. The van der Waals surface area contributed by atoms with Crippen LogP contribution in [-0.2, 0) is 0 Å². The van der Waals surface area contributed by atoms with Gasteiger partial charge >= 0.3 is 0 Å². The van der Waals surface area contributed by atoms with Crippen LogP contribution in [0, 0.1) is 29.4 Å². The molecular formula is C31H41ClF2. The average Bonchev–Trinajstić information content (AvgIpc) is 2.87. The van der Waals surface area contributed by atoms with Gasteiger partial charge in [-0.3, -0.25) is 0 Å². The molecule has 2 fully saturated rings. The predicted molar refractivity (Wildman–Crippen MR) is 140 cm³/mol. The highest BCUT2D eigenvalue weighted by atomic mass is 35.5. The molecule has 0 N–H and O–H groups in total. The van der Waals surface area contributed by atoms with Crippen molar-refractivity contribution in [3.05, 3.63) is 58.6 Å². The summed E-state index contributed by atoms with van der Waals surface area (Å²) in [6.45, 7) is 2.30. The summed E-state index contributed by atoms with van der Waals surface area (Å²) in [7, 11) is 0. The number of unbranched alkanes of at least 4 members (excludes halogenated alkanes) is 2. The number of rotatable bonds is 9. The van der Waals surface area contributed by atoms with Crippen molar-refractivity contribution in [3.63, 3.8) is 0 Å². The zero-order valence-electron chi connectivity index (χ0n) is 20.8. The molecule has 4 rings (SSSR count). The fourth-order valence-electron chi connectivity index (χ4n) is 6.42. The minimum absolute atomic E-state index is 0.438. The minimum atomic E-state index is -0.709. The molecule has 0 aromatic heterocycles. The highest BCUT2D eigenvalue weighted by Gasteiger charge is 2.25. The lowest BCUT2D eigenvalue weighted by Crippen LogP contribution is -2.17. The summed E-state index contributed by atoms with van der Waals surface area (Å²) in [4.78, 5) is 0. The Hall–Kier alpha value is -1.41. The molecule has 3 heteroatoms. The third kappa shape index (κ3) is 6.84. The Morgan fingerprint density at radius 2 is 1.18 bits per heavy atom. The first kappa shape index (κ1) is 25.7. The normalized spacial score (nSPS) is 25.4. The molecule has 2 aliphatic rings. The maximum atomic E-state index is 13.8. The van der Waals surface area contributed by atoms with E-state index in [9.17, 15) is 8.78 Å². The number of benzene rings is 2. The molecular weight excluding hydrogens is 446 g/mol. The molecule has 0 bridgehead atoms. The van der Waals surface area contributed by atoms with Crippen LogP contribution < -0.4 is 0 Å². The molecule has 2 aliphatic carbocycles. The lowest BCUT2D eigenvalue weighted by atomic mass is 9.74. The van der Waals surface area contributed by atoms with Crippen LogP contribution in [0.3, 0.4) is 0 Å². The predicted octanol–water partition coefficient (Wildman–Crippen LogP) is 10.7. The van der Waals surface area contributed by atoms with Gasteiger partial charge in [-0.2, -0.15) is 0 Å². The minimum Gasteiger partial charge on any atom is -0.205 e. The first-order chi connectivity index (χ1) is 16.5. The van der Waals surface area contributed by atoms with Gasteiger partial charge in [0.05, 0.1) is 0 Å². The van der Waals surface area contributed by atoms with Crippen LogP contribution in [0.2, 0.25) is 5.02 Å². The average molecular weight is 487 g/mol. The molecule has 2 aromatic rings. The van der Waals surface area contributed by atoms with Crippen LogP contribution in [0.1, 0.15) is 108 Å². The van der Waals surface area contributed by atoms with E-state index in [1.165, 1.54) is 108 Å². The van der Waals surface area contributed by atoms with Crippen molar-refractivity contribution < 1.29 is 8.78 Å². The standard InChI is InChI=1S/C31H41ClF2/c1-2-3-4-5-22-6-8-23(9-7-22)10-11-24-12-14-25(15-13-24)26-16-18-27(19-17-26)28-20-29(33)31(32)30(34)21-28/h16-25H,2-15H2,1H3/t22-,23-,24-,25-. The number of hydrogen-bond donors (Lipinski definition) is 0. The monoisotopic (exact) mass is 486 g/mol. The zero-order valence-corrected chi connectivity index (χ0v) is 21.6. The lowest BCUT2D eigenvalue weighted by Gasteiger charge is -2.32. The quantitative estimate of drug-likeness (QED) is 0.244. The van der Waals surface area contributed by atoms with Gasteiger partial charge in [-0.25, -0.2) is 8.78 Å². The van der Waals surface area contributed by atoms with E-state index in [4.69, 9.17) is 11.6 Å². The van der Waals surface area contributed by atoms with Gasteiger partial charge in [-0.1, -0.05) is 107 Å². The van der Waals surface area contributed by atoms with E-state index in [1.807, 2.05) is 12.1 Å². The lowest BCUT2D eigenvalue weighted by molar-refractivity contribution is 0.222. The van der Waals surface area contributed by atoms with Gasteiger partial charge < -0.3 is 0 Å². The fourth-order valence-corrected chi connectivity index (χ4v) is 6.53. The Balaban J connectivity index is 1.19. The van der Waals surface area contributed by atoms with Gasteiger partial charge in [0.1, 0.15) is 16.7 Å². The van der Waals surface area contributed by atoms with Crippen molar-refractivity contribution in [2.24, 2.45) is 17.8 Å². The van der Waals surface area contributed by atoms with Crippen LogP contribution in [0.4, 0.5) is 8.78 Å². The molecule has 2 saturated carbocycles. The Morgan fingerprint density at radius 3 is 1.71 bits per heavy atom. The van der Waals surface area contributed by atoms with E-state index in [2.05, 4.69) is 19.1 Å². The fraction of sp³-hybridized carbons (Fsp3) is 0.613. The van der Waals surface area contributed by atoms with Gasteiger partial charge in [-0.05, 0) is 78.2 Å². The summed E-state index contributed by atoms with van der Waals surface area (Å²) >= 11 is 5.62. The van der Waals surface area contributed by atoms with E-state index in [0.717, 1.165) is 23.3 Å². The summed E-state index contributed by atoms with van der Waals surface area (Å²) in [6.07, 6.45) is 19.6. The van der Waals surface area contributed by atoms with E-state index in [0.29, 0.717) is 11.5 Å². The second-order valence-corrected chi connectivity index (χ2v) is 11.4. The Morgan fingerprint density at radius 1 is 0.676 bits per heavy atom. The molecule has 34 heavy (non-hydrogen) atoms. The Bertz CT molecular complexity index is 867. The van der Waals surface area contributed by atoms with Crippen molar-refractivity contribution in [2.45, 2.75) is 103 Å². The van der Waals surface area contributed by atoms with E-state index < -0.39 is 16.7 Å². The highest BCUT2D eigenvalue weighted by molar-refractivity contribution is 6.31. The smallest absolute Gasteiger partial charge is 0.145 e. The summed E-state index contributed by atoms with van der Waals surface area (Å²) in [5, 5.41) is -0.438. The van der Waals surface area contributed by atoms with Crippen LogP contribution in [0.25, 0.3) is 11.1 Å².